The van der Waals surface area contributed by atoms with Crippen LogP contribution in [0.4, 0.5) is 0 Å². The number of ether oxygens (including phenoxy) is 1. The molecule has 0 spiro atoms. The van der Waals surface area contributed by atoms with Crippen LogP contribution in [0.2, 0.25) is 0 Å². The van der Waals surface area contributed by atoms with Gasteiger partial charge in [-0.3, -0.25) is 9.59 Å². The summed E-state index contributed by atoms with van der Waals surface area (Å²) in [6.07, 6.45) is 0. The van der Waals surface area contributed by atoms with Crippen molar-refractivity contribution in [3.8, 4) is 0 Å². The lowest BCUT2D eigenvalue weighted by molar-refractivity contribution is -0.144. The second kappa shape index (κ2) is 6.17. The normalized spacial score (nSPS) is 11.9. The second-order valence-corrected chi connectivity index (χ2v) is 4.39. The molecule has 7 nitrogen and oxygen atoms in total. The first-order valence-corrected chi connectivity index (χ1v) is 6.49. The Bertz CT molecular complexity index is 738. The van der Waals surface area contributed by atoms with Crippen LogP contribution < -0.4 is 10.9 Å². The van der Waals surface area contributed by atoms with Crippen LogP contribution in [0, 0.1) is 0 Å². The van der Waals surface area contributed by atoms with E-state index in [0.717, 1.165) is 0 Å². The number of H-pyrrole nitrogens is 1. The van der Waals surface area contributed by atoms with Crippen LogP contribution >= 0.6 is 0 Å². The summed E-state index contributed by atoms with van der Waals surface area (Å²) in [6, 6.07) is 5.82. The van der Waals surface area contributed by atoms with E-state index >= 15 is 0 Å². The van der Waals surface area contributed by atoms with Gasteiger partial charge in [0, 0.05) is 5.39 Å². The van der Waals surface area contributed by atoms with Gasteiger partial charge < -0.3 is 10.1 Å². The molecule has 1 aromatic carbocycles. The first-order chi connectivity index (χ1) is 10.0. The van der Waals surface area contributed by atoms with Gasteiger partial charge in [-0.2, -0.15) is 5.10 Å². The number of hydrogen-bond acceptors (Lipinski definition) is 5. The van der Waals surface area contributed by atoms with E-state index in [9.17, 15) is 14.4 Å². The number of amides is 1. The lowest BCUT2D eigenvalue weighted by atomic mass is 10.1. The van der Waals surface area contributed by atoms with E-state index in [2.05, 4.69) is 15.5 Å². The number of rotatable bonds is 4. The van der Waals surface area contributed by atoms with E-state index in [0.29, 0.717) is 10.8 Å². The monoisotopic (exact) mass is 289 g/mol. The first-order valence-electron chi connectivity index (χ1n) is 6.49. The average Bonchev–Trinajstić information content (AvgIpc) is 2.48. The van der Waals surface area contributed by atoms with E-state index in [1.807, 2.05) is 0 Å². The first kappa shape index (κ1) is 14.7. The summed E-state index contributed by atoms with van der Waals surface area (Å²) < 4.78 is 4.82. The Morgan fingerprint density at radius 1 is 1.33 bits per heavy atom. The van der Waals surface area contributed by atoms with Crippen LogP contribution in [-0.2, 0) is 9.53 Å². The molecule has 0 aliphatic carbocycles. The van der Waals surface area contributed by atoms with Crippen LogP contribution in [0.25, 0.3) is 10.8 Å². The lowest BCUT2D eigenvalue weighted by Crippen LogP contribution is -2.40. The topological polar surface area (TPSA) is 101 Å². The van der Waals surface area contributed by atoms with Crippen LogP contribution in [0.15, 0.2) is 29.1 Å². The molecule has 1 atom stereocenters. The summed E-state index contributed by atoms with van der Waals surface area (Å²) in [4.78, 5) is 35.3. The highest BCUT2D eigenvalue weighted by atomic mass is 16.5. The Morgan fingerprint density at radius 2 is 2.00 bits per heavy atom. The van der Waals surface area contributed by atoms with E-state index in [1.165, 1.54) is 6.92 Å². The van der Waals surface area contributed by atoms with Crippen LogP contribution in [0.3, 0.4) is 0 Å². The molecule has 0 bridgehead atoms. The molecule has 1 aromatic heterocycles. The fraction of sp³-hybridized carbons (Fsp3) is 0.286. The van der Waals surface area contributed by atoms with Crippen molar-refractivity contribution < 1.29 is 14.3 Å². The maximum Gasteiger partial charge on any atom is 0.328 e. The Balaban J connectivity index is 2.30. The molecular weight excluding hydrogens is 274 g/mol. The molecule has 0 saturated heterocycles. The van der Waals surface area contributed by atoms with Crippen molar-refractivity contribution in [2.75, 3.05) is 6.61 Å². The van der Waals surface area contributed by atoms with E-state index < -0.39 is 17.9 Å². The molecule has 7 heteroatoms. The van der Waals surface area contributed by atoms with Gasteiger partial charge in [0.05, 0.1) is 12.0 Å². The van der Waals surface area contributed by atoms with Crippen molar-refractivity contribution in [1.29, 1.82) is 0 Å². The van der Waals surface area contributed by atoms with Crippen molar-refractivity contribution in [1.82, 2.24) is 15.5 Å². The van der Waals surface area contributed by atoms with E-state index in [4.69, 9.17) is 4.74 Å². The summed E-state index contributed by atoms with van der Waals surface area (Å²) in [5.41, 5.74) is -0.318. The molecular formula is C14H15N3O4. The molecule has 21 heavy (non-hydrogen) atoms. The number of nitrogens with zero attached hydrogens (tertiary/aromatic N) is 1. The van der Waals surface area contributed by atoms with Gasteiger partial charge in [-0.1, -0.05) is 18.2 Å². The Morgan fingerprint density at radius 3 is 2.67 bits per heavy atom. The lowest BCUT2D eigenvalue weighted by Gasteiger charge is -2.12. The Hall–Kier alpha value is -2.70. The van der Waals surface area contributed by atoms with E-state index in [-0.39, 0.29) is 17.9 Å². The maximum absolute atomic E-state index is 12.2. The van der Waals surface area contributed by atoms with Crippen LogP contribution in [0.1, 0.15) is 24.3 Å². The maximum atomic E-state index is 12.2. The minimum atomic E-state index is -0.801. The zero-order valence-electron chi connectivity index (χ0n) is 11.7. The summed E-state index contributed by atoms with van der Waals surface area (Å²) in [7, 11) is 0. The third-order valence-corrected chi connectivity index (χ3v) is 2.90. The standard InChI is InChI=1S/C14H15N3O4/c1-3-21-14(20)8(2)15-13(19)11-9-6-4-5-7-10(9)12(18)17-16-11/h4-8H,3H2,1-2H3,(H,15,19)(H,17,18). The van der Waals surface area contributed by atoms with Gasteiger partial charge in [0.2, 0.25) is 0 Å². The summed E-state index contributed by atoms with van der Waals surface area (Å²) in [6.45, 7) is 3.44. The number of benzene rings is 1. The van der Waals surface area contributed by atoms with Gasteiger partial charge in [0.15, 0.2) is 5.69 Å². The highest BCUT2D eigenvalue weighted by molar-refractivity contribution is 6.05. The van der Waals surface area contributed by atoms with Gasteiger partial charge in [-0.25, -0.2) is 9.89 Å². The predicted octanol–water partition coefficient (Wildman–Crippen LogP) is 0.605. The van der Waals surface area contributed by atoms with Crippen LogP contribution in [-0.4, -0.2) is 34.7 Å². The molecule has 1 amide bonds. The van der Waals surface area contributed by atoms with Crippen LogP contribution in [0.5, 0.6) is 0 Å². The van der Waals surface area contributed by atoms with Gasteiger partial charge in [0.25, 0.3) is 11.5 Å². The summed E-state index contributed by atoms with van der Waals surface area (Å²) in [5, 5.41) is 9.31. The highest BCUT2D eigenvalue weighted by Gasteiger charge is 2.20. The molecule has 0 radical (unpaired) electrons. The highest BCUT2D eigenvalue weighted by Crippen LogP contribution is 2.12. The van der Waals surface area contributed by atoms with Gasteiger partial charge in [0.1, 0.15) is 6.04 Å². The Kier molecular flexibility index (Phi) is 4.32. The fourth-order valence-electron chi connectivity index (χ4n) is 1.88. The minimum Gasteiger partial charge on any atom is -0.464 e. The smallest absolute Gasteiger partial charge is 0.328 e. The number of carbonyl (C=O) groups is 2. The minimum absolute atomic E-state index is 0.0568. The number of hydrogen-bond donors (Lipinski definition) is 2. The van der Waals surface area contributed by atoms with Crippen molar-refractivity contribution >= 4 is 22.6 Å². The largest absolute Gasteiger partial charge is 0.464 e. The van der Waals surface area contributed by atoms with Gasteiger partial charge in [-0.05, 0) is 19.9 Å². The quantitative estimate of drug-likeness (QED) is 0.803. The van der Waals surface area contributed by atoms with Crippen molar-refractivity contribution in [2.45, 2.75) is 19.9 Å². The van der Waals surface area contributed by atoms with Crippen molar-refractivity contribution in [2.24, 2.45) is 0 Å². The number of fused-ring (bicyclic) bond motifs is 1. The van der Waals surface area contributed by atoms with Crippen molar-refractivity contribution in [3.05, 3.63) is 40.3 Å². The molecule has 2 N–H and O–H groups in total. The second-order valence-electron chi connectivity index (χ2n) is 4.39. The molecule has 1 unspecified atom stereocenters. The molecule has 110 valence electrons. The number of aromatic nitrogens is 2. The molecule has 0 saturated carbocycles. The third-order valence-electron chi connectivity index (χ3n) is 2.90. The average molecular weight is 289 g/mol. The van der Waals surface area contributed by atoms with Gasteiger partial charge >= 0.3 is 5.97 Å². The molecule has 1 heterocycles. The zero-order chi connectivity index (χ0) is 15.4. The van der Waals surface area contributed by atoms with Gasteiger partial charge in [-0.15, -0.1) is 0 Å². The molecule has 2 aromatic rings. The summed E-state index contributed by atoms with van der Waals surface area (Å²) in [5.74, 6) is -1.08. The van der Waals surface area contributed by atoms with E-state index in [1.54, 1.807) is 31.2 Å². The molecule has 0 fully saturated rings. The number of nitrogens with one attached hydrogen (secondary N) is 2. The molecule has 2 rings (SSSR count). The number of esters is 1. The fourth-order valence-corrected chi connectivity index (χ4v) is 1.88. The third kappa shape index (κ3) is 3.07. The predicted molar refractivity (Wildman–Crippen MR) is 75.9 cm³/mol. The number of carbonyl (C=O) groups excluding carboxylic acids is 2. The SMILES string of the molecule is CCOC(=O)C(C)NC(=O)c1n[nH]c(=O)c2ccccc12. The number of aromatic amines is 1. The zero-order valence-corrected chi connectivity index (χ0v) is 11.7. The molecule has 0 aliphatic heterocycles. The van der Waals surface area contributed by atoms with Crippen molar-refractivity contribution in [3.63, 3.8) is 0 Å². The Labute approximate surface area is 120 Å². The summed E-state index contributed by atoms with van der Waals surface area (Å²) >= 11 is 0. The molecule has 0 aliphatic rings.